The highest BCUT2D eigenvalue weighted by Gasteiger charge is 2.30. The van der Waals surface area contributed by atoms with E-state index in [4.69, 9.17) is 4.52 Å². The number of hydrogen-bond acceptors (Lipinski definition) is 7. The third-order valence-corrected chi connectivity index (χ3v) is 6.01. The Hall–Kier alpha value is -4.49. The largest absolute Gasteiger partial charge is 0.416 e. The number of aryl methyl sites for hydroxylation is 2. The van der Waals surface area contributed by atoms with E-state index in [1.54, 1.807) is 11.6 Å². The molecule has 0 aliphatic heterocycles. The van der Waals surface area contributed by atoms with E-state index in [2.05, 4.69) is 15.5 Å². The Kier molecular flexibility index (Phi) is 7.32. The summed E-state index contributed by atoms with van der Waals surface area (Å²) in [5.41, 5.74) is -1.10. The number of amides is 1. The van der Waals surface area contributed by atoms with Gasteiger partial charge in [-0.2, -0.15) is 13.2 Å². The number of ketones is 1. The van der Waals surface area contributed by atoms with Crippen molar-refractivity contribution in [2.75, 3.05) is 5.32 Å². The lowest BCUT2D eigenvalue weighted by molar-refractivity contribution is -0.137. The van der Waals surface area contributed by atoms with Crippen LogP contribution in [0.3, 0.4) is 0 Å². The highest BCUT2D eigenvalue weighted by atomic mass is 19.4. The molecule has 0 aliphatic carbocycles. The lowest BCUT2D eigenvalue weighted by Gasteiger charge is -2.09. The molecule has 3 heterocycles. The van der Waals surface area contributed by atoms with Gasteiger partial charge in [-0.15, -0.1) is 0 Å². The number of alkyl halides is 3. The van der Waals surface area contributed by atoms with Crippen LogP contribution in [0.2, 0.25) is 0 Å². The molecule has 4 rings (SSSR count). The number of carbonyl (C=O) groups excluding carboxylic acids is 2. The maximum absolute atomic E-state index is 12.7. The molecule has 0 aliphatic rings. The Balaban J connectivity index is 1.32. The molecule has 200 valence electrons. The first-order valence-electron chi connectivity index (χ1n) is 11.5. The number of unbranched alkanes of at least 4 members (excludes halogenated alkanes) is 1. The maximum atomic E-state index is 12.7. The van der Waals surface area contributed by atoms with E-state index in [1.807, 2.05) is 0 Å². The van der Waals surface area contributed by atoms with Gasteiger partial charge in [0.2, 0.25) is 0 Å². The molecule has 0 saturated heterocycles. The van der Waals surface area contributed by atoms with E-state index in [1.165, 1.54) is 17.9 Å². The number of fused-ring (bicyclic) bond motifs is 1. The number of halogens is 3. The van der Waals surface area contributed by atoms with Crippen LogP contribution < -0.4 is 16.6 Å². The Morgan fingerprint density at radius 2 is 1.79 bits per heavy atom. The van der Waals surface area contributed by atoms with Crippen LogP contribution in [0.25, 0.3) is 11.2 Å². The molecule has 1 amide bonds. The summed E-state index contributed by atoms with van der Waals surface area (Å²) >= 11 is 0. The van der Waals surface area contributed by atoms with Crippen LogP contribution in [-0.2, 0) is 38.0 Å². The minimum absolute atomic E-state index is 0.0159. The third-order valence-electron chi connectivity index (χ3n) is 6.01. The van der Waals surface area contributed by atoms with Crippen LogP contribution in [0.5, 0.6) is 0 Å². The summed E-state index contributed by atoms with van der Waals surface area (Å²) in [5.74, 6) is -0.923. The van der Waals surface area contributed by atoms with Gasteiger partial charge in [-0.3, -0.25) is 23.5 Å². The molecule has 0 bridgehead atoms. The number of imidazole rings is 1. The summed E-state index contributed by atoms with van der Waals surface area (Å²) in [6.07, 6.45) is -1.29. The Bertz CT molecular complexity index is 1610. The smallest absolute Gasteiger partial charge is 0.360 e. The molecule has 1 aromatic carbocycles. The molecule has 0 fully saturated rings. The fourth-order valence-corrected chi connectivity index (χ4v) is 3.97. The molecule has 0 unspecified atom stereocenters. The molecule has 0 atom stereocenters. The number of nitrogens with one attached hydrogen (secondary N) is 1. The quantitative estimate of drug-likeness (QED) is 0.328. The Labute approximate surface area is 212 Å². The van der Waals surface area contributed by atoms with E-state index in [-0.39, 0.29) is 42.2 Å². The molecule has 3 aromatic heterocycles. The van der Waals surface area contributed by atoms with Crippen molar-refractivity contribution in [2.45, 2.75) is 38.4 Å². The average Bonchev–Trinajstić information content (AvgIpc) is 3.48. The molecule has 0 radical (unpaired) electrons. The van der Waals surface area contributed by atoms with Crippen molar-refractivity contribution < 1.29 is 27.3 Å². The Morgan fingerprint density at radius 1 is 1.08 bits per heavy atom. The van der Waals surface area contributed by atoms with Crippen molar-refractivity contribution in [1.29, 1.82) is 0 Å². The number of nitrogens with zero attached hydrogens (tertiary/aromatic N) is 5. The van der Waals surface area contributed by atoms with Crippen molar-refractivity contribution in [1.82, 2.24) is 23.8 Å². The van der Waals surface area contributed by atoms with E-state index >= 15 is 0 Å². The fraction of sp³-hybridized carbons (Fsp3) is 0.333. The van der Waals surface area contributed by atoms with Crippen LogP contribution in [0.4, 0.5) is 18.9 Å². The molecule has 11 nitrogen and oxygen atoms in total. The highest BCUT2D eigenvalue weighted by Crippen LogP contribution is 2.30. The fourth-order valence-electron chi connectivity index (χ4n) is 3.97. The number of rotatable bonds is 9. The second kappa shape index (κ2) is 10.5. The topological polar surface area (TPSA) is 134 Å². The zero-order chi connectivity index (χ0) is 27.6. The first kappa shape index (κ1) is 26.6. The average molecular weight is 532 g/mol. The van der Waals surface area contributed by atoms with Gasteiger partial charge in [0.25, 0.3) is 11.5 Å². The lowest BCUT2D eigenvalue weighted by Crippen LogP contribution is -2.39. The third kappa shape index (κ3) is 5.43. The van der Waals surface area contributed by atoms with Gasteiger partial charge in [0.05, 0.1) is 24.5 Å². The first-order valence-corrected chi connectivity index (χ1v) is 11.5. The number of benzene rings is 1. The number of carbonyl (C=O) groups is 2. The van der Waals surface area contributed by atoms with Crippen molar-refractivity contribution in [2.24, 2.45) is 14.1 Å². The standard InChI is InChI=1S/C24H23F3N6O5/c1-31-13-28-20-19(31)22(36)33(23(37)32(20)2)10-4-3-5-16(34)11-18-17(12-29-38-18)21(35)30-15-8-6-14(7-9-15)24(25,26)27/h6-9,12-13H,3-5,10-11H2,1-2H3,(H,30,35). The molecule has 4 aromatic rings. The van der Waals surface area contributed by atoms with E-state index in [0.717, 1.165) is 35.0 Å². The van der Waals surface area contributed by atoms with E-state index in [0.29, 0.717) is 24.0 Å². The highest BCUT2D eigenvalue weighted by molar-refractivity contribution is 6.05. The number of hydrogen-bond donors (Lipinski definition) is 1. The number of anilines is 1. The van der Waals surface area contributed by atoms with Gasteiger partial charge in [0.1, 0.15) is 11.3 Å². The number of Topliss-reactive ketones (excluding diaryl/α,β-unsaturated/α-hetero) is 1. The first-order chi connectivity index (χ1) is 18.0. The summed E-state index contributed by atoms with van der Waals surface area (Å²) in [5, 5.41) is 6.01. The minimum atomic E-state index is -4.50. The van der Waals surface area contributed by atoms with Crippen LogP contribution >= 0.6 is 0 Å². The predicted molar refractivity (Wildman–Crippen MR) is 129 cm³/mol. The van der Waals surface area contributed by atoms with E-state index in [9.17, 15) is 32.3 Å². The van der Waals surface area contributed by atoms with Crippen LogP contribution in [0.15, 0.2) is 50.9 Å². The van der Waals surface area contributed by atoms with Crippen molar-refractivity contribution >= 4 is 28.5 Å². The predicted octanol–water partition coefficient (Wildman–Crippen LogP) is 2.67. The van der Waals surface area contributed by atoms with Crippen LogP contribution in [-0.4, -0.2) is 35.5 Å². The molecule has 0 spiro atoms. The second-order valence-electron chi connectivity index (χ2n) is 8.69. The van der Waals surface area contributed by atoms with Crippen LogP contribution in [0.1, 0.15) is 40.9 Å². The van der Waals surface area contributed by atoms with Gasteiger partial charge in [-0.05, 0) is 37.1 Å². The summed E-state index contributed by atoms with van der Waals surface area (Å²) < 4.78 is 47.1. The summed E-state index contributed by atoms with van der Waals surface area (Å²) in [4.78, 5) is 54.4. The summed E-state index contributed by atoms with van der Waals surface area (Å²) in [6.45, 7) is 0.114. The second-order valence-corrected chi connectivity index (χ2v) is 8.69. The SMILES string of the molecule is Cn1cnc2c1c(=O)n(CCCCC(=O)Cc1oncc1C(=O)Nc1ccc(C(F)(F)F)cc1)c(=O)n2C. The van der Waals surface area contributed by atoms with Crippen molar-refractivity contribution in [3.63, 3.8) is 0 Å². The van der Waals surface area contributed by atoms with E-state index < -0.39 is 28.9 Å². The van der Waals surface area contributed by atoms with Gasteiger partial charge in [-0.1, -0.05) is 5.16 Å². The zero-order valence-electron chi connectivity index (χ0n) is 20.4. The molecule has 0 saturated carbocycles. The summed E-state index contributed by atoms with van der Waals surface area (Å²) in [7, 11) is 3.19. The van der Waals surface area contributed by atoms with Gasteiger partial charge < -0.3 is 14.4 Å². The van der Waals surface area contributed by atoms with Crippen molar-refractivity contribution in [3.05, 3.63) is 74.5 Å². The minimum Gasteiger partial charge on any atom is -0.360 e. The summed E-state index contributed by atoms with van der Waals surface area (Å²) in [6, 6.07) is 3.91. The molecule has 38 heavy (non-hydrogen) atoms. The molecule has 1 N–H and O–H groups in total. The monoisotopic (exact) mass is 532 g/mol. The maximum Gasteiger partial charge on any atom is 0.416 e. The molecular formula is C24H23F3N6O5. The van der Waals surface area contributed by atoms with Crippen LogP contribution in [0, 0.1) is 0 Å². The van der Waals surface area contributed by atoms with Gasteiger partial charge in [0, 0.05) is 32.7 Å². The van der Waals surface area contributed by atoms with Gasteiger partial charge in [0.15, 0.2) is 16.9 Å². The van der Waals surface area contributed by atoms with Gasteiger partial charge >= 0.3 is 11.9 Å². The number of aromatic nitrogens is 5. The normalized spacial score (nSPS) is 11.7. The lowest BCUT2D eigenvalue weighted by atomic mass is 10.1. The van der Waals surface area contributed by atoms with Crippen molar-refractivity contribution in [3.8, 4) is 0 Å². The molecule has 14 heteroatoms. The molecular weight excluding hydrogens is 509 g/mol. The zero-order valence-corrected chi connectivity index (χ0v) is 20.4. The van der Waals surface area contributed by atoms with Gasteiger partial charge in [-0.25, -0.2) is 9.78 Å². The Morgan fingerprint density at radius 3 is 2.47 bits per heavy atom.